The minimum Gasteiger partial charge on any atom is -0.509 e. The second-order valence-corrected chi connectivity index (χ2v) is 21.1. The van der Waals surface area contributed by atoms with Crippen LogP contribution in [0, 0.1) is 18.8 Å². The van der Waals surface area contributed by atoms with E-state index < -0.39 is 0 Å². The van der Waals surface area contributed by atoms with Gasteiger partial charge >= 0.3 is 0 Å². The fourth-order valence-corrected chi connectivity index (χ4v) is 9.48. The first-order valence-electron chi connectivity index (χ1n) is 23.4. The molecule has 68 heavy (non-hydrogen) atoms. The Labute approximate surface area is 417 Å². The smallest absolute Gasteiger partial charge is 0.135 e. The van der Waals surface area contributed by atoms with Crippen LogP contribution in [-0.2, 0) is 42.7 Å². The maximum Gasteiger partial charge on any atom is 0.135 e. The first-order chi connectivity index (χ1) is 32.0. The number of hydrogen-bond acceptors (Lipinski definition) is 4. The molecule has 0 spiro atoms. The first kappa shape index (κ1) is 46.7. The van der Waals surface area contributed by atoms with Crippen molar-refractivity contribution >= 4 is 44.6 Å². The standard InChI is InChI=1S/C62H59N4O.Pt/c1-59(2,3)44-23-17-24-48(35-44)64-41-65(57-37-46(28-32-55(57)64)61(7,8)42-19-13-11-14-20-42)49-25-18-26-50(39-49)67-51-29-30-52-53-36-45(60(4,5)6)27-31-54(53)66(56(52)40-51)58-38-47(33-34-63-58)62(9,10)43-21-15-12-16-22-43;/h11-38,41H,1-10H3;/q-3;. The van der Waals surface area contributed by atoms with E-state index in [9.17, 15) is 0 Å². The predicted octanol–water partition coefficient (Wildman–Crippen LogP) is 16.2. The number of hydrogen-bond donors (Lipinski definition) is 0. The molecule has 1 aliphatic heterocycles. The second kappa shape index (κ2) is 17.6. The van der Waals surface area contributed by atoms with Crippen LogP contribution in [-0.4, -0.2) is 9.55 Å². The van der Waals surface area contributed by atoms with Crippen LogP contribution in [0.1, 0.15) is 103 Å². The van der Waals surface area contributed by atoms with Gasteiger partial charge in [0.2, 0.25) is 0 Å². The number of nitrogens with zero attached hydrogens (tertiary/aromatic N) is 4. The van der Waals surface area contributed by atoms with E-state index in [1.807, 2.05) is 24.4 Å². The van der Waals surface area contributed by atoms with E-state index >= 15 is 0 Å². The van der Waals surface area contributed by atoms with Gasteiger partial charge in [0.15, 0.2) is 0 Å². The van der Waals surface area contributed by atoms with Gasteiger partial charge in [-0.25, -0.2) is 4.98 Å². The summed E-state index contributed by atoms with van der Waals surface area (Å²) in [5.41, 5.74) is 13.1. The number of aromatic nitrogens is 2. The van der Waals surface area contributed by atoms with E-state index in [1.54, 1.807) is 0 Å². The molecule has 1 aliphatic rings. The quantitative estimate of drug-likeness (QED) is 0.135. The van der Waals surface area contributed by atoms with Crippen molar-refractivity contribution in [1.82, 2.24) is 9.55 Å². The third-order valence-corrected chi connectivity index (χ3v) is 13.9. The molecule has 0 fully saturated rings. The van der Waals surface area contributed by atoms with Crippen LogP contribution < -0.4 is 14.5 Å². The van der Waals surface area contributed by atoms with Crippen molar-refractivity contribution < 1.29 is 25.8 Å². The maximum atomic E-state index is 6.78. The van der Waals surface area contributed by atoms with E-state index in [0.717, 1.165) is 50.4 Å². The molecular formula is C62H59N4OPt-3. The molecule has 5 nitrogen and oxygen atoms in total. The molecule has 0 bridgehead atoms. The van der Waals surface area contributed by atoms with Crippen LogP contribution in [0.4, 0.5) is 22.7 Å². The van der Waals surface area contributed by atoms with Gasteiger partial charge in [-0.3, -0.25) is 0 Å². The van der Waals surface area contributed by atoms with Gasteiger partial charge in [-0.15, -0.1) is 48.1 Å². The molecule has 2 aromatic heterocycles. The van der Waals surface area contributed by atoms with Crippen molar-refractivity contribution in [2.75, 3.05) is 9.80 Å². The van der Waals surface area contributed by atoms with Gasteiger partial charge in [-0.05, 0) is 92.1 Å². The Kier molecular flexibility index (Phi) is 12.1. The molecule has 0 amide bonds. The van der Waals surface area contributed by atoms with Crippen LogP contribution in [0.2, 0.25) is 0 Å². The van der Waals surface area contributed by atoms with Crippen LogP contribution in [0.25, 0.3) is 27.6 Å². The Bertz CT molecular complexity index is 3280. The third kappa shape index (κ3) is 8.56. The Balaban J connectivity index is 0.00000578. The molecule has 0 saturated carbocycles. The molecule has 0 unspecified atom stereocenters. The largest absolute Gasteiger partial charge is 0.509 e. The molecule has 0 atom stereocenters. The molecule has 3 heterocycles. The Hall–Kier alpha value is -6.42. The molecule has 0 radical (unpaired) electrons. The summed E-state index contributed by atoms with van der Waals surface area (Å²) in [4.78, 5) is 9.55. The van der Waals surface area contributed by atoms with Gasteiger partial charge in [0.05, 0.1) is 0 Å². The normalized spacial score (nSPS) is 13.2. The molecule has 10 rings (SSSR count). The Morgan fingerprint density at radius 2 is 1.07 bits per heavy atom. The molecule has 0 saturated heterocycles. The number of ether oxygens (including phenoxy) is 1. The number of fused-ring (bicyclic) bond motifs is 4. The van der Waals surface area contributed by atoms with Gasteiger partial charge < -0.3 is 19.1 Å². The summed E-state index contributed by atoms with van der Waals surface area (Å²) in [6, 6.07) is 66.0. The summed E-state index contributed by atoms with van der Waals surface area (Å²) < 4.78 is 9.02. The zero-order valence-corrected chi connectivity index (χ0v) is 43.0. The summed E-state index contributed by atoms with van der Waals surface area (Å²) in [7, 11) is 0. The fourth-order valence-electron chi connectivity index (χ4n) is 9.48. The molecule has 7 aromatic carbocycles. The van der Waals surface area contributed by atoms with Crippen LogP contribution in [0.15, 0.2) is 170 Å². The Morgan fingerprint density at radius 1 is 0.471 bits per heavy atom. The molecule has 346 valence electrons. The molecule has 0 aliphatic carbocycles. The molecule has 0 N–H and O–H groups in total. The van der Waals surface area contributed by atoms with Crippen molar-refractivity contribution in [3.8, 4) is 17.3 Å². The maximum absolute atomic E-state index is 6.78. The van der Waals surface area contributed by atoms with E-state index in [-0.39, 0.29) is 42.7 Å². The van der Waals surface area contributed by atoms with Crippen molar-refractivity contribution in [3.63, 3.8) is 0 Å². The predicted molar refractivity (Wildman–Crippen MR) is 279 cm³/mol. The molecular weight excluding hydrogens is 1010 g/mol. The van der Waals surface area contributed by atoms with Gasteiger partial charge in [-0.1, -0.05) is 166 Å². The van der Waals surface area contributed by atoms with Gasteiger partial charge in [0.1, 0.15) is 5.82 Å². The topological polar surface area (TPSA) is 33.5 Å². The third-order valence-electron chi connectivity index (χ3n) is 13.9. The van der Waals surface area contributed by atoms with Crippen LogP contribution >= 0.6 is 0 Å². The van der Waals surface area contributed by atoms with E-state index in [4.69, 9.17) is 9.72 Å². The van der Waals surface area contributed by atoms with Gasteiger partial charge in [0, 0.05) is 72.2 Å². The Morgan fingerprint density at radius 3 is 1.75 bits per heavy atom. The van der Waals surface area contributed by atoms with E-state index in [1.165, 1.54) is 33.4 Å². The summed E-state index contributed by atoms with van der Waals surface area (Å²) in [6.07, 6.45) is 1.93. The number of rotatable bonds is 9. The van der Waals surface area contributed by atoms with Gasteiger partial charge in [0.25, 0.3) is 0 Å². The van der Waals surface area contributed by atoms with Crippen molar-refractivity contribution in [3.05, 3.63) is 222 Å². The minimum atomic E-state index is -0.240. The zero-order valence-electron chi connectivity index (χ0n) is 40.8. The average Bonchev–Trinajstić information content (AvgIpc) is 3.87. The van der Waals surface area contributed by atoms with Crippen molar-refractivity contribution in [2.24, 2.45) is 0 Å². The minimum absolute atomic E-state index is 0. The summed E-state index contributed by atoms with van der Waals surface area (Å²) in [5.74, 6) is 2.03. The van der Waals surface area contributed by atoms with Crippen molar-refractivity contribution in [2.45, 2.75) is 90.9 Å². The van der Waals surface area contributed by atoms with Gasteiger partial charge in [-0.2, -0.15) is 12.1 Å². The van der Waals surface area contributed by atoms with E-state index in [2.05, 4.69) is 248 Å². The first-order valence-corrected chi connectivity index (χ1v) is 23.4. The fraction of sp³-hybridized carbons (Fsp3) is 0.226. The summed E-state index contributed by atoms with van der Waals surface area (Å²) in [5, 5.41) is 2.25. The zero-order chi connectivity index (χ0) is 46.9. The summed E-state index contributed by atoms with van der Waals surface area (Å²) >= 11 is 0. The SMILES string of the molecule is CC(C)(C)c1cccc(N2[CH-]N(c3[c-]c(Oc4[c-]c5c(cc4)c4cc(C(C)(C)C)ccc4n5-c4cc(C(C)(C)c5ccccc5)ccn4)ccc3)c3cc(C(C)(C)c4ccccc4)ccc32)c1.[Pt]. The number of pyridine rings is 1. The second-order valence-electron chi connectivity index (χ2n) is 21.1. The number of benzene rings is 7. The molecule has 6 heteroatoms. The monoisotopic (exact) mass is 1070 g/mol. The van der Waals surface area contributed by atoms with Crippen molar-refractivity contribution in [1.29, 1.82) is 0 Å². The average molecular weight is 1070 g/mol. The molecule has 9 aromatic rings. The van der Waals surface area contributed by atoms with Crippen LogP contribution in [0.3, 0.4) is 0 Å². The number of anilines is 4. The summed E-state index contributed by atoms with van der Waals surface area (Å²) in [6.45, 7) is 24.9. The van der Waals surface area contributed by atoms with E-state index in [0.29, 0.717) is 11.5 Å². The van der Waals surface area contributed by atoms with Crippen LogP contribution in [0.5, 0.6) is 11.5 Å².